The van der Waals surface area contributed by atoms with E-state index in [1.54, 1.807) is 18.3 Å². The molecule has 1 N–H and O–H groups in total. The molecule has 2 aliphatic rings. The van der Waals surface area contributed by atoms with Crippen LogP contribution in [0.25, 0.3) is 16.7 Å². The minimum atomic E-state index is -1.14. The molecule has 1 aliphatic carbocycles. The summed E-state index contributed by atoms with van der Waals surface area (Å²) < 4.78 is 22.2. The number of carbonyl (C=O) groups excluding carboxylic acids is 1. The number of hydrogen-bond acceptors (Lipinski definition) is 7. The van der Waals surface area contributed by atoms with Gasteiger partial charge in [-0.3, -0.25) is 14.2 Å². The third-order valence-corrected chi connectivity index (χ3v) is 8.55. The lowest BCUT2D eigenvalue weighted by Gasteiger charge is -2.43. The predicted molar refractivity (Wildman–Crippen MR) is 149 cm³/mol. The number of benzene rings is 1. The second-order valence-electron chi connectivity index (χ2n) is 11.5. The molecule has 0 atom stereocenters. The van der Waals surface area contributed by atoms with Gasteiger partial charge in [-0.2, -0.15) is 5.10 Å². The third-order valence-electron chi connectivity index (χ3n) is 8.55. The van der Waals surface area contributed by atoms with Crippen molar-refractivity contribution in [2.24, 2.45) is 5.41 Å². The van der Waals surface area contributed by atoms with E-state index in [2.05, 4.69) is 15.1 Å². The van der Waals surface area contributed by atoms with E-state index in [-0.39, 0.29) is 29.9 Å². The molecule has 1 aliphatic heterocycles. The van der Waals surface area contributed by atoms with Gasteiger partial charge in [-0.25, -0.2) is 19.0 Å². The molecule has 1 saturated heterocycles. The van der Waals surface area contributed by atoms with Crippen LogP contribution in [0.2, 0.25) is 0 Å². The van der Waals surface area contributed by atoms with Crippen LogP contribution in [0.5, 0.6) is 5.88 Å². The van der Waals surface area contributed by atoms with Crippen molar-refractivity contribution in [3.05, 3.63) is 77.4 Å². The van der Waals surface area contributed by atoms with Crippen LogP contribution in [-0.4, -0.2) is 65.0 Å². The molecule has 1 aromatic carbocycles. The van der Waals surface area contributed by atoms with Crippen LogP contribution in [-0.2, 0) is 11.3 Å². The number of halogens is 1. The summed E-state index contributed by atoms with van der Waals surface area (Å²) in [4.78, 5) is 37.3. The molecule has 0 bridgehead atoms. The summed E-state index contributed by atoms with van der Waals surface area (Å²) in [5.41, 5.74) is -0.968. The van der Waals surface area contributed by atoms with E-state index in [4.69, 9.17) is 4.74 Å². The Labute approximate surface area is 236 Å². The highest BCUT2D eigenvalue weighted by Gasteiger charge is 2.43. The average molecular weight is 561 g/mol. The number of amides is 1. The molecular weight excluding hydrogens is 527 g/mol. The molecule has 1 saturated carbocycles. The van der Waals surface area contributed by atoms with E-state index >= 15 is 0 Å². The summed E-state index contributed by atoms with van der Waals surface area (Å²) in [5, 5.41) is 16.0. The van der Waals surface area contributed by atoms with Crippen LogP contribution in [0, 0.1) is 11.2 Å². The van der Waals surface area contributed by atoms with Crippen LogP contribution in [0.3, 0.4) is 0 Å². The van der Waals surface area contributed by atoms with E-state index < -0.39 is 11.0 Å². The molecule has 41 heavy (non-hydrogen) atoms. The van der Waals surface area contributed by atoms with Crippen molar-refractivity contribution in [1.29, 1.82) is 0 Å². The summed E-state index contributed by atoms with van der Waals surface area (Å²) in [6.07, 6.45) is 8.36. The smallest absolute Gasteiger partial charge is 0.264 e. The molecule has 3 aromatic heterocycles. The van der Waals surface area contributed by atoms with Crippen molar-refractivity contribution in [2.45, 2.75) is 63.7 Å². The van der Waals surface area contributed by atoms with E-state index in [0.717, 1.165) is 25.7 Å². The zero-order valence-electron chi connectivity index (χ0n) is 22.9. The van der Waals surface area contributed by atoms with Crippen LogP contribution in [0.1, 0.15) is 45.4 Å². The maximum absolute atomic E-state index is 13.5. The lowest BCUT2D eigenvalue weighted by molar-refractivity contribution is -0.148. The van der Waals surface area contributed by atoms with Gasteiger partial charge in [-0.1, -0.05) is 13.0 Å². The highest BCUT2D eigenvalue weighted by atomic mass is 19.1. The van der Waals surface area contributed by atoms with Gasteiger partial charge < -0.3 is 14.7 Å². The Morgan fingerprint density at radius 3 is 2.49 bits per heavy atom. The van der Waals surface area contributed by atoms with Gasteiger partial charge in [-0.15, -0.1) is 0 Å². The van der Waals surface area contributed by atoms with Gasteiger partial charge in [-0.05, 0) is 68.9 Å². The van der Waals surface area contributed by atoms with E-state index in [1.807, 2.05) is 30.0 Å². The number of pyridine rings is 1. The molecule has 11 heteroatoms. The van der Waals surface area contributed by atoms with Gasteiger partial charge >= 0.3 is 0 Å². The van der Waals surface area contributed by atoms with E-state index in [0.29, 0.717) is 48.5 Å². The van der Waals surface area contributed by atoms with Crippen LogP contribution in [0.15, 0.2) is 66.0 Å². The van der Waals surface area contributed by atoms with Crippen LogP contribution in [0.4, 0.5) is 4.39 Å². The zero-order valence-corrected chi connectivity index (χ0v) is 22.9. The van der Waals surface area contributed by atoms with Crippen molar-refractivity contribution < 1.29 is 19.0 Å². The van der Waals surface area contributed by atoms with Crippen molar-refractivity contribution in [2.75, 3.05) is 13.1 Å². The Balaban J connectivity index is 1.07. The van der Waals surface area contributed by atoms with E-state index in [1.165, 1.54) is 33.9 Å². The second-order valence-corrected chi connectivity index (χ2v) is 11.5. The van der Waals surface area contributed by atoms with Gasteiger partial charge in [0.1, 0.15) is 23.6 Å². The molecule has 1 amide bonds. The second kappa shape index (κ2) is 10.7. The first-order valence-corrected chi connectivity index (χ1v) is 14.0. The summed E-state index contributed by atoms with van der Waals surface area (Å²) in [6.45, 7) is 2.94. The van der Waals surface area contributed by atoms with Gasteiger partial charge in [0.2, 0.25) is 11.8 Å². The Kier molecular flexibility index (Phi) is 7.06. The predicted octanol–water partition coefficient (Wildman–Crippen LogP) is 3.50. The van der Waals surface area contributed by atoms with Crippen molar-refractivity contribution in [1.82, 2.24) is 29.2 Å². The minimum Gasteiger partial charge on any atom is -0.474 e. The maximum Gasteiger partial charge on any atom is 0.264 e. The fourth-order valence-corrected chi connectivity index (χ4v) is 5.96. The molecule has 4 heterocycles. The lowest BCUT2D eigenvalue weighted by atomic mass is 9.73. The number of carbonyl (C=O) groups is 1. The molecule has 0 unspecified atom stereocenters. The number of aromatic nitrogens is 5. The quantitative estimate of drug-likeness (QED) is 0.384. The largest absolute Gasteiger partial charge is 0.474 e. The highest BCUT2D eigenvalue weighted by molar-refractivity contribution is 5.82. The van der Waals surface area contributed by atoms with Gasteiger partial charge in [0, 0.05) is 30.8 Å². The number of ether oxygens (including phenoxy) is 1. The van der Waals surface area contributed by atoms with Gasteiger partial charge in [0.15, 0.2) is 5.65 Å². The fourth-order valence-electron chi connectivity index (χ4n) is 5.96. The number of rotatable bonds is 6. The van der Waals surface area contributed by atoms with Crippen molar-refractivity contribution in [3.8, 4) is 11.6 Å². The Morgan fingerprint density at radius 2 is 1.80 bits per heavy atom. The Morgan fingerprint density at radius 1 is 1.07 bits per heavy atom. The Hall–Kier alpha value is -4.12. The molecule has 6 rings (SSSR count). The van der Waals surface area contributed by atoms with Gasteiger partial charge in [0.25, 0.3) is 5.56 Å². The number of piperidine rings is 1. The zero-order chi connectivity index (χ0) is 28.6. The molecule has 2 fully saturated rings. The van der Waals surface area contributed by atoms with Crippen LogP contribution >= 0.6 is 0 Å². The molecule has 0 spiro atoms. The first-order valence-electron chi connectivity index (χ1n) is 14.0. The molecule has 4 aromatic rings. The van der Waals surface area contributed by atoms with E-state index in [9.17, 15) is 19.1 Å². The number of fused-ring (bicyclic) bond motifs is 1. The first kappa shape index (κ1) is 27.1. The number of aliphatic hydroxyl groups is 1. The summed E-state index contributed by atoms with van der Waals surface area (Å²) >= 11 is 0. The topological polar surface area (TPSA) is 115 Å². The first-order chi connectivity index (χ1) is 19.7. The summed E-state index contributed by atoms with van der Waals surface area (Å²) in [5.74, 6) is 0.358. The summed E-state index contributed by atoms with van der Waals surface area (Å²) in [6, 6.07) is 11.4. The molecule has 10 nitrogen and oxygen atoms in total. The number of nitrogens with zero attached hydrogens (tertiary/aromatic N) is 6. The maximum atomic E-state index is 13.5. The average Bonchev–Trinajstić information content (AvgIpc) is 3.42. The molecule has 0 radical (unpaired) electrons. The summed E-state index contributed by atoms with van der Waals surface area (Å²) in [7, 11) is 0. The lowest BCUT2D eigenvalue weighted by Crippen LogP contribution is -2.53. The van der Waals surface area contributed by atoms with Crippen molar-refractivity contribution in [3.63, 3.8) is 0 Å². The van der Waals surface area contributed by atoms with Gasteiger partial charge in [0.05, 0.1) is 24.0 Å². The normalized spacial score (nSPS) is 22.5. The van der Waals surface area contributed by atoms with Crippen LogP contribution < -0.4 is 10.3 Å². The molecule has 214 valence electrons. The standard InChI is InChI=1S/C30H33FN6O4/c1-29(11-9-23(10-12-29)41-25-4-2-3-15-32-25)28(39)35-16-13-30(40,14-17-35)19-36-20-33-26-24(27(36)38)18-34-37(26)22-7-5-21(31)6-8-22/h2-8,15,18,20,23,40H,9-14,16-17,19H2,1H3/t23-,29+. The minimum absolute atomic E-state index is 0.0456. The SMILES string of the molecule is C[C@]1(C(=O)N2CCC(O)(Cn3cnc4c(cnn4-c4ccc(F)cc4)c3=O)CC2)CC[C@@H](Oc2ccccn2)CC1. The monoisotopic (exact) mass is 560 g/mol. The van der Waals surface area contributed by atoms with Crippen molar-refractivity contribution >= 4 is 16.9 Å². The molecular formula is C30H33FN6O4. The number of hydrogen-bond donors (Lipinski definition) is 1. The highest BCUT2D eigenvalue weighted by Crippen LogP contribution is 2.40. The Bertz CT molecular complexity index is 1590. The number of likely N-dealkylation sites (tertiary alicyclic amines) is 1. The fraction of sp³-hybridized carbons (Fsp3) is 0.433. The third kappa shape index (κ3) is 5.46.